The summed E-state index contributed by atoms with van der Waals surface area (Å²) in [4.78, 5) is 14.5. The molecule has 118 valence electrons. The summed E-state index contributed by atoms with van der Waals surface area (Å²) >= 11 is 0. The Morgan fingerprint density at radius 3 is 2.45 bits per heavy atom. The van der Waals surface area contributed by atoms with Crippen molar-refractivity contribution in [2.24, 2.45) is 17.6 Å². The molecule has 1 aliphatic rings. The predicted molar refractivity (Wildman–Crippen MR) is 84.5 cm³/mol. The van der Waals surface area contributed by atoms with E-state index in [0.29, 0.717) is 11.8 Å². The number of nitrogens with one attached hydrogen (secondary N) is 1. The molecule has 1 amide bonds. The minimum atomic E-state index is -0.514. The van der Waals surface area contributed by atoms with Crippen molar-refractivity contribution in [2.75, 3.05) is 26.2 Å². The quantitative estimate of drug-likeness (QED) is 0.609. The van der Waals surface area contributed by atoms with Gasteiger partial charge in [0.15, 0.2) is 0 Å². The third-order valence-electron chi connectivity index (χ3n) is 4.59. The van der Waals surface area contributed by atoms with Crippen LogP contribution in [0.1, 0.15) is 53.4 Å². The van der Waals surface area contributed by atoms with Gasteiger partial charge < -0.3 is 16.0 Å². The van der Waals surface area contributed by atoms with E-state index in [-0.39, 0.29) is 5.91 Å². The number of nitrogens with two attached hydrogens (primary N) is 1. The van der Waals surface area contributed by atoms with Gasteiger partial charge in [0.05, 0.1) is 0 Å². The molecule has 0 radical (unpaired) electrons. The first-order valence-electron chi connectivity index (χ1n) is 8.27. The second-order valence-corrected chi connectivity index (χ2v) is 6.38. The van der Waals surface area contributed by atoms with Crippen LogP contribution >= 0.6 is 0 Å². The van der Waals surface area contributed by atoms with Crippen LogP contribution in [-0.2, 0) is 4.79 Å². The lowest BCUT2D eigenvalue weighted by Gasteiger charge is -2.37. The third kappa shape index (κ3) is 4.45. The molecule has 0 aromatic rings. The first-order valence-corrected chi connectivity index (χ1v) is 8.27. The average Bonchev–Trinajstić information content (AvgIpc) is 3.26. The van der Waals surface area contributed by atoms with Crippen molar-refractivity contribution in [1.82, 2.24) is 10.2 Å². The SMILES string of the molecule is CCCNC(CN(CC)CC(C)CC)(C(N)=O)C1CC1. The van der Waals surface area contributed by atoms with Crippen molar-refractivity contribution in [1.29, 1.82) is 0 Å². The van der Waals surface area contributed by atoms with Crippen molar-refractivity contribution in [3.8, 4) is 0 Å². The van der Waals surface area contributed by atoms with Gasteiger partial charge in [-0.15, -0.1) is 0 Å². The molecule has 20 heavy (non-hydrogen) atoms. The van der Waals surface area contributed by atoms with Crippen LogP contribution in [0.25, 0.3) is 0 Å². The number of likely N-dealkylation sites (N-methyl/N-ethyl adjacent to an activating group) is 1. The first-order chi connectivity index (χ1) is 9.50. The average molecular weight is 283 g/mol. The molecule has 0 bridgehead atoms. The van der Waals surface area contributed by atoms with Crippen molar-refractivity contribution >= 4 is 5.91 Å². The normalized spacial score (nSPS) is 19.9. The Labute approximate surface area is 124 Å². The van der Waals surface area contributed by atoms with E-state index in [2.05, 4.69) is 37.9 Å². The van der Waals surface area contributed by atoms with Crippen molar-refractivity contribution < 1.29 is 4.79 Å². The van der Waals surface area contributed by atoms with E-state index in [1.807, 2.05) is 0 Å². The van der Waals surface area contributed by atoms with Gasteiger partial charge in [0.2, 0.25) is 5.91 Å². The van der Waals surface area contributed by atoms with Gasteiger partial charge >= 0.3 is 0 Å². The van der Waals surface area contributed by atoms with Crippen LogP contribution in [0, 0.1) is 11.8 Å². The molecule has 2 atom stereocenters. The molecule has 0 saturated heterocycles. The summed E-state index contributed by atoms with van der Waals surface area (Å²) in [6.07, 6.45) is 4.45. The Kier molecular flexibility index (Phi) is 6.96. The highest BCUT2D eigenvalue weighted by Crippen LogP contribution is 2.40. The maximum atomic E-state index is 12.1. The van der Waals surface area contributed by atoms with Crippen molar-refractivity contribution in [3.05, 3.63) is 0 Å². The fourth-order valence-electron chi connectivity index (χ4n) is 2.85. The van der Waals surface area contributed by atoms with Crippen molar-refractivity contribution in [2.45, 2.75) is 58.9 Å². The molecule has 1 rings (SSSR count). The van der Waals surface area contributed by atoms with Crippen LogP contribution in [0.4, 0.5) is 0 Å². The molecule has 4 nitrogen and oxygen atoms in total. The lowest BCUT2D eigenvalue weighted by molar-refractivity contribution is -0.126. The summed E-state index contributed by atoms with van der Waals surface area (Å²) in [6.45, 7) is 12.4. The molecular formula is C16H33N3O. The minimum Gasteiger partial charge on any atom is -0.368 e. The molecule has 2 unspecified atom stereocenters. The Hall–Kier alpha value is -0.610. The van der Waals surface area contributed by atoms with Crippen LogP contribution in [0.5, 0.6) is 0 Å². The summed E-state index contributed by atoms with van der Waals surface area (Å²) in [5.74, 6) is 0.916. The van der Waals surface area contributed by atoms with Crippen LogP contribution in [0.2, 0.25) is 0 Å². The van der Waals surface area contributed by atoms with Crippen LogP contribution in [0.3, 0.4) is 0 Å². The van der Waals surface area contributed by atoms with Gasteiger partial charge in [0.1, 0.15) is 5.54 Å². The number of nitrogens with zero attached hydrogens (tertiary/aromatic N) is 1. The zero-order valence-corrected chi connectivity index (χ0v) is 13.7. The molecule has 1 saturated carbocycles. The molecule has 0 spiro atoms. The number of hydrogen-bond acceptors (Lipinski definition) is 3. The molecule has 3 N–H and O–H groups in total. The second kappa shape index (κ2) is 7.99. The van der Waals surface area contributed by atoms with Crippen LogP contribution in [-0.4, -0.2) is 42.5 Å². The van der Waals surface area contributed by atoms with Gasteiger partial charge in [0.25, 0.3) is 0 Å². The first kappa shape index (κ1) is 17.4. The smallest absolute Gasteiger partial charge is 0.239 e. The monoisotopic (exact) mass is 283 g/mol. The zero-order chi connectivity index (χ0) is 15.2. The molecular weight excluding hydrogens is 250 g/mol. The summed E-state index contributed by atoms with van der Waals surface area (Å²) in [5.41, 5.74) is 5.28. The second-order valence-electron chi connectivity index (χ2n) is 6.38. The number of primary amides is 1. The van der Waals surface area contributed by atoms with E-state index in [1.54, 1.807) is 0 Å². The Morgan fingerprint density at radius 1 is 1.40 bits per heavy atom. The van der Waals surface area contributed by atoms with Gasteiger partial charge in [-0.25, -0.2) is 0 Å². The van der Waals surface area contributed by atoms with E-state index in [4.69, 9.17) is 5.73 Å². The Morgan fingerprint density at radius 2 is 2.05 bits per heavy atom. The summed E-state index contributed by atoms with van der Waals surface area (Å²) in [5, 5.41) is 3.48. The number of amides is 1. The van der Waals surface area contributed by atoms with Gasteiger partial charge in [0, 0.05) is 13.1 Å². The maximum absolute atomic E-state index is 12.1. The van der Waals surface area contributed by atoms with Gasteiger partial charge in [-0.1, -0.05) is 34.1 Å². The van der Waals surface area contributed by atoms with Gasteiger partial charge in [-0.3, -0.25) is 4.79 Å². The predicted octanol–water partition coefficient (Wildman–Crippen LogP) is 1.99. The van der Waals surface area contributed by atoms with E-state index in [9.17, 15) is 4.79 Å². The topological polar surface area (TPSA) is 58.4 Å². The minimum absolute atomic E-state index is 0.170. The number of hydrogen-bond donors (Lipinski definition) is 2. The van der Waals surface area contributed by atoms with Crippen molar-refractivity contribution in [3.63, 3.8) is 0 Å². The fraction of sp³-hybridized carbons (Fsp3) is 0.938. The lowest BCUT2D eigenvalue weighted by Crippen LogP contribution is -2.63. The van der Waals surface area contributed by atoms with E-state index in [1.165, 1.54) is 6.42 Å². The summed E-state index contributed by atoms with van der Waals surface area (Å²) < 4.78 is 0. The molecule has 4 heteroatoms. The highest BCUT2D eigenvalue weighted by atomic mass is 16.1. The largest absolute Gasteiger partial charge is 0.368 e. The summed E-state index contributed by atoms with van der Waals surface area (Å²) in [6, 6.07) is 0. The highest BCUT2D eigenvalue weighted by molar-refractivity contribution is 5.86. The molecule has 0 heterocycles. The molecule has 1 aliphatic carbocycles. The lowest BCUT2D eigenvalue weighted by atomic mass is 9.90. The molecule has 0 aromatic carbocycles. The van der Waals surface area contributed by atoms with Crippen LogP contribution < -0.4 is 11.1 Å². The maximum Gasteiger partial charge on any atom is 0.239 e. The summed E-state index contributed by atoms with van der Waals surface area (Å²) in [7, 11) is 0. The number of rotatable bonds is 11. The Balaban J connectivity index is 2.78. The molecule has 1 fully saturated rings. The zero-order valence-electron chi connectivity index (χ0n) is 13.7. The number of carbonyl (C=O) groups excluding carboxylic acids is 1. The number of carbonyl (C=O) groups is 1. The molecule has 0 aromatic heterocycles. The van der Waals surface area contributed by atoms with E-state index >= 15 is 0 Å². The fourth-order valence-corrected chi connectivity index (χ4v) is 2.85. The van der Waals surface area contributed by atoms with E-state index in [0.717, 1.165) is 45.4 Å². The standard InChI is InChI=1S/C16H33N3O/c1-5-10-18-16(15(17)20,14-8-9-14)12-19(7-3)11-13(4)6-2/h13-14,18H,5-12H2,1-4H3,(H2,17,20). The van der Waals surface area contributed by atoms with E-state index < -0.39 is 5.54 Å². The highest BCUT2D eigenvalue weighted by Gasteiger charge is 2.50. The molecule has 0 aliphatic heterocycles. The van der Waals surface area contributed by atoms with Gasteiger partial charge in [-0.05, 0) is 44.2 Å². The third-order valence-corrected chi connectivity index (χ3v) is 4.59. The Bertz CT molecular complexity index is 304. The van der Waals surface area contributed by atoms with Crippen LogP contribution in [0.15, 0.2) is 0 Å². The van der Waals surface area contributed by atoms with Gasteiger partial charge in [-0.2, -0.15) is 0 Å².